The Morgan fingerprint density at radius 1 is 0.758 bits per heavy atom. The third kappa shape index (κ3) is 5.86. The average molecular weight is 451 g/mol. The predicted octanol–water partition coefficient (Wildman–Crippen LogP) is 6.09. The zero-order valence-electron chi connectivity index (χ0n) is 18.7. The Kier molecular flexibility index (Phi) is 7.85. The smallest absolute Gasteiger partial charge is 0.339 e. The molecule has 3 heteroatoms. The lowest BCUT2D eigenvalue weighted by Crippen LogP contribution is -2.27. The van der Waals surface area contributed by atoms with Gasteiger partial charge in [0.05, 0.1) is 5.56 Å². The molecule has 33 heavy (non-hydrogen) atoms. The normalized spacial score (nSPS) is 12.1. The minimum Gasteiger partial charge on any atom is -0.455 e. The van der Waals surface area contributed by atoms with Gasteiger partial charge in [-0.15, -0.1) is 0 Å². The fourth-order valence-corrected chi connectivity index (χ4v) is 6.10. The molecule has 0 unspecified atom stereocenters. The maximum absolute atomic E-state index is 13.4. The average Bonchev–Trinajstić information content (AvgIpc) is 2.89. The van der Waals surface area contributed by atoms with E-state index >= 15 is 0 Å². The van der Waals surface area contributed by atoms with E-state index in [1.807, 2.05) is 79.7 Å². The molecular weight excluding hydrogens is 423 g/mol. The third-order valence-corrected chi connectivity index (χ3v) is 7.86. The van der Waals surface area contributed by atoms with Gasteiger partial charge in [-0.1, -0.05) is 122 Å². The number of ether oxygens (including phenoxy) is 1. The van der Waals surface area contributed by atoms with Gasteiger partial charge in [0.25, 0.3) is 0 Å². The van der Waals surface area contributed by atoms with Crippen molar-refractivity contribution >= 4 is 35.9 Å². The molecule has 164 valence electrons. The van der Waals surface area contributed by atoms with E-state index in [4.69, 9.17) is 4.74 Å². The third-order valence-electron chi connectivity index (χ3n) is 5.36. The van der Waals surface area contributed by atoms with Gasteiger partial charge in [-0.3, -0.25) is 0 Å². The number of esters is 1. The van der Waals surface area contributed by atoms with Crippen LogP contribution in [0.15, 0.2) is 121 Å². The van der Waals surface area contributed by atoms with E-state index in [1.54, 1.807) is 0 Å². The topological polar surface area (TPSA) is 26.3 Å². The van der Waals surface area contributed by atoms with Crippen molar-refractivity contribution in [2.24, 2.45) is 0 Å². The maximum Gasteiger partial charge on any atom is 0.339 e. The van der Waals surface area contributed by atoms with Crippen LogP contribution in [0.4, 0.5) is 0 Å². The van der Waals surface area contributed by atoms with Crippen molar-refractivity contribution in [3.8, 4) is 0 Å². The highest BCUT2D eigenvalue weighted by molar-refractivity contribution is 7.80. The molecule has 0 aliphatic heterocycles. The zero-order valence-corrected chi connectivity index (χ0v) is 19.6. The molecule has 0 amide bonds. The molecule has 0 fully saturated rings. The summed E-state index contributed by atoms with van der Waals surface area (Å²) in [4.78, 5) is 13.4. The molecule has 4 aromatic carbocycles. The van der Waals surface area contributed by atoms with Crippen LogP contribution in [0, 0.1) is 0 Å². The summed E-state index contributed by atoms with van der Waals surface area (Å²) in [6.45, 7) is 2.03. The molecule has 0 bridgehead atoms. The zero-order chi connectivity index (χ0) is 22.9. The molecule has 4 rings (SSSR count). The summed E-state index contributed by atoms with van der Waals surface area (Å²) in [6.07, 6.45) is 4.40. The quantitative estimate of drug-likeness (QED) is 0.240. The van der Waals surface area contributed by atoms with Gasteiger partial charge in [-0.25, -0.2) is 4.79 Å². The molecule has 0 aliphatic rings. The first-order valence-electron chi connectivity index (χ1n) is 11.2. The molecule has 0 spiro atoms. The standard InChI is InChI=1S/C30H27O2P/c1-2-25(23-22-24-14-6-3-7-15-24)32-30(31)28-20-12-13-21-29(28)33(26-16-8-4-9-17-26)27-18-10-5-11-19-27/h3-23,25H,2H2,1H3/b23-22+/t25-/m0/s1. The Labute approximate surface area is 197 Å². The van der Waals surface area contributed by atoms with E-state index in [9.17, 15) is 4.79 Å². The van der Waals surface area contributed by atoms with Gasteiger partial charge >= 0.3 is 5.97 Å². The number of rotatable bonds is 8. The van der Waals surface area contributed by atoms with Crippen LogP contribution in [0.3, 0.4) is 0 Å². The maximum atomic E-state index is 13.4. The van der Waals surface area contributed by atoms with Gasteiger partial charge < -0.3 is 4.74 Å². The van der Waals surface area contributed by atoms with Crippen LogP contribution < -0.4 is 15.9 Å². The fourth-order valence-electron chi connectivity index (χ4n) is 3.66. The van der Waals surface area contributed by atoms with Crippen molar-refractivity contribution in [2.45, 2.75) is 19.4 Å². The van der Waals surface area contributed by atoms with Crippen LogP contribution >= 0.6 is 7.92 Å². The number of hydrogen-bond donors (Lipinski definition) is 0. The Balaban J connectivity index is 1.65. The van der Waals surface area contributed by atoms with Crippen molar-refractivity contribution in [2.75, 3.05) is 0 Å². The van der Waals surface area contributed by atoms with Crippen molar-refractivity contribution in [1.29, 1.82) is 0 Å². The minimum atomic E-state index is -0.891. The SMILES string of the molecule is CC[C@@H](/C=C/c1ccccc1)OC(=O)c1ccccc1P(c1ccccc1)c1ccccc1. The van der Waals surface area contributed by atoms with Crippen LogP contribution in [0.25, 0.3) is 6.08 Å². The lowest BCUT2D eigenvalue weighted by Gasteiger charge is -2.22. The molecule has 0 N–H and O–H groups in total. The Bertz CT molecular complexity index is 1150. The molecule has 4 aromatic rings. The molecule has 0 aromatic heterocycles. The lowest BCUT2D eigenvalue weighted by atomic mass is 10.1. The van der Waals surface area contributed by atoms with E-state index in [-0.39, 0.29) is 12.1 Å². The van der Waals surface area contributed by atoms with Crippen LogP contribution in [0.1, 0.15) is 29.3 Å². The largest absolute Gasteiger partial charge is 0.455 e. The predicted molar refractivity (Wildman–Crippen MR) is 140 cm³/mol. The second kappa shape index (κ2) is 11.4. The summed E-state index contributed by atoms with van der Waals surface area (Å²) in [7, 11) is -0.891. The molecular formula is C30H27O2P. The molecule has 1 atom stereocenters. The Morgan fingerprint density at radius 2 is 1.27 bits per heavy atom. The van der Waals surface area contributed by atoms with E-state index in [1.165, 1.54) is 10.6 Å². The number of hydrogen-bond acceptors (Lipinski definition) is 2. The van der Waals surface area contributed by atoms with E-state index in [0.717, 1.165) is 10.9 Å². The van der Waals surface area contributed by atoms with Crippen molar-refractivity contribution in [1.82, 2.24) is 0 Å². The summed E-state index contributed by atoms with van der Waals surface area (Å²) in [6, 6.07) is 38.7. The molecule has 0 heterocycles. The van der Waals surface area contributed by atoms with Crippen LogP contribution in [0.5, 0.6) is 0 Å². The number of benzene rings is 4. The summed E-state index contributed by atoms with van der Waals surface area (Å²) in [5.41, 5.74) is 1.71. The van der Waals surface area contributed by atoms with Gasteiger partial charge in [0.2, 0.25) is 0 Å². The highest BCUT2D eigenvalue weighted by Gasteiger charge is 2.23. The number of carbonyl (C=O) groups is 1. The van der Waals surface area contributed by atoms with Crippen LogP contribution in [-0.2, 0) is 4.74 Å². The van der Waals surface area contributed by atoms with Crippen LogP contribution in [0.2, 0.25) is 0 Å². The van der Waals surface area contributed by atoms with Crippen LogP contribution in [-0.4, -0.2) is 12.1 Å². The first-order valence-corrected chi connectivity index (χ1v) is 12.5. The lowest BCUT2D eigenvalue weighted by molar-refractivity contribution is 0.0391. The van der Waals surface area contributed by atoms with Gasteiger partial charge in [0, 0.05) is 0 Å². The highest BCUT2D eigenvalue weighted by Crippen LogP contribution is 2.34. The van der Waals surface area contributed by atoms with Gasteiger partial charge in [0.1, 0.15) is 6.10 Å². The van der Waals surface area contributed by atoms with E-state index in [2.05, 4.69) is 54.6 Å². The summed E-state index contributed by atoms with van der Waals surface area (Å²) < 4.78 is 5.95. The molecule has 0 aliphatic carbocycles. The van der Waals surface area contributed by atoms with Crippen molar-refractivity contribution < 1.29 is 9.53 Å². The summed E-state index contributed by atoms with van der Waals surface area (Å²) >= 11 is 0. The van der Waals surface area contributed by atoms with Crippen molar-refractivity contribution in [3.63, 3.8) is 0 Å². The van der Waals surface area contributed by atoms with E-state index < -0.39 is 7.92 Å². The molecule has 2 nitrogen and oxygen atoms in total. The van der Waals surface area contributed by atoms with Crippen molar-refractivity contribution in [3.05, 3.63) is 132 Å². The number of carbonyl (C=O) groups excluding carboxylic acids is 1. The second-order valence-corrected chi connectivity index (χ2v) is 9.83. The monoisotopic (exact) mass is 450 g/mol. The first-order chi connectivity index (χ1) is 16.3. The van der Waals surface area contributed by atoms with Gasteiger partial charge in [0.15, 0.2) is 0 Å². The highest BCUT2D eigenvalue weighted by atomic mass is 31.1. The molecule has 0 saturated carbocycles. The summed E-state index contributed by atoms with van der Waals surface area (Å²) in [5, 5.41) is 3.42. The second-order valence-electron chi connectivity index (χ2n) is 7.65. The fraction of sp³-hybridized carbons (Fsp3) is 0.100. The minimum absolute atomic E-state index is 0.283. The van der Waals surface area contributed by atoms with Gasteiger partial charge in [-0.05, 0) is 48.0 Å². The van der Waals surface area contributed by atoms with Gasteiger partial charge in [-0.2, -0.15) is 0 Å². The Hall–Kier alpha value is -3.48. The van der Waals surface area contributed by atoms with E-state index in [0.29, 0.717) is 12.0 Å². The summed E-state index contributed by atoms with van der Waals surface area (Å²) in [5.74, 6) is -0.283. The molecule has 0 saturated heterocycles. The molecule has 0 radical (unpaired) electrons. The first kappa shape index (κ1) is 22.7. The Morgan fingerprint density at radius 3 is 1.85 bits per heavy atom.